The molecule has 2 heterocycles. The molecule has 2 fully saturated rings. The fourth-order valence-corrected chi connectivity index (χ4v) is 3.76. The molecule has 5 unspecified atom stereocenters. The maximum absolute atomic E-state index is 12.1. The molecular weight excluding hydrogens is 360 g/mol. The summed E-state index contributed by atoms with van der Waals surface area (Å²) >= 11 is 6.34. The first-order valence-electron chi connectivity index (χ1n) is 8.56. The first kappa shape index (κ1) is 17.4. The van der Waals surface area contributed by atoms with E-state index in [1.165, 1.54) is 13.8 Å². The molecule has 2 aliphatic rings. The molecular formula is C19H19ClO6. The average molecular weight is 379 g/mol. The van der Waals surface area contributed by atoms with Crippen LogP contribution >= 0.6 is 11.6 Å². The maximum Gasteiger partial charge on any atom is 0.312 e. The van der Waals surface area contributed by atoms with Crippen LogP contribution < -0.4 is 0 Å². The van der Waals surface area contributed by atoms with Crippen LogP contribution in [0.1, 0.15) is 37.7 Å². The summed E-state index contributed by atoms with van der Waals surface area (Å²) < 4.78 is 21.4. The number of epoxide rings is 1. The van der Waals surface area contributed by atoms with Gasteiger partial charge in [0.25, 0.3) is 0 Å². The van der Waals surface area contributed by atoms with Crippen LogP contribution in [0.15, 0.2) is 22.6 Å². The lowest BCUT2D eigenvalue weighted by molar-refractivity contribution is -0.184. The van der Waals surface area contributed by atoms with E-state index in [9.17, 15) is 9.59 Å². The molecule has 0 bridgehead atoms. The van der Waals surface area contributed by atoms with Gasteiger partial charge in [-0.3, -0.25) is 9.59 Å². The molecule has 138 valence electrons. The van der Waals surface area contributed by atoms with Crippen LogP contribution in [0.25, 0.3) is 11.0 Å². The number of carbonyl (C=O) groups is 2. The topological polar surface area (TPSA) is 78.3 Å². The van der Waals surface area contributed by atoms with Crippen LogP contribution in [0.5, 0.6) is 0 Å². The third kappa shape index (κ3) is 3.31. The van der Waals surface area contributed by atoms with Crippen molar-refractivity contribution >= 4 is 34.5 Å². The third-order valence-corrected chi connectivity index (χ3v) is 5.08. The lowest BCUT2D eigenvalue weighted by atomic mass is 10.1. The number of halogens is 1. The maximum atomic E-state index is 12.1. The summed E-state index contributed by atoms with van der Waals surface area (Å²) in [5.41, 5.74) is 1.69. The monoisotopic (exact) mass is 378 g/mol. The third-order valence-electron chi connectivity index (χ3n) is 4.77. The summed E-state index contributed by atoms with van der Waals surface area (Å²) in [5.74, 6) is -0.131. The highest BCUT2D eigenvalue weighted by Crippen LogP contribution is 2.56. The Labute approximate surface area is 155 Å². The van der Waals surface area contributed by atoms with E-state index in [0.717, 1.165) is 22.3 Å². The fourth-order valence-electron chi connectivity index (χ4n) is 3.48. The molecule has 6 nitrogen and oxygen atoms in total. The van der Waals surface area contributed by atoms with Crippen molar-refractivity contribution in [3.05, 3.63) is 34.5 Å². The number of furan rings is 1. The Kier molecular flexibility index (Phi) is 4.20. The zero-order chi connectivity index (χ0) is 18.6. The second kappa shape index (κ2) is 6.28. The fraction of sp³-hybridized carbons (Fsp3) is 0.474. The molecule has 0 N–H and O–H groups in total. The molecule has 0 spiro atoms. The van der Waals surface area contributed by atoms with E-state index < -0.39 is 12.3 Å². The molecule has 5 atom stereocenters. The Morgan fingerprint density at radius 2 is 2.04 bits per heavy atom. The summed E-state index contributed by atoms with van der Waals surface area (Å²) in [6, 6.07) is 5.74. The van der Waals surface area contributed by atoms with Gasteiger partial charge in [-0.15, -0.1) is 0 Å². The van der Waals surface area contributed by atoms with Crippen LogP contribution in [-0.2, 0) is 23.8 Å². The smallest absolute Gasteiger partial charge is 0.312 e. The first-order chi connectivity index (χ1) is 12.3. The summed E-state index contributed by atoms with van der Waals surface area (Å²) in [7, 11) is 0. The highest BCUT2D eigenvalue weighted by atomic mass is 35.5. The quantitative estimate of drug-likeness (QED) is 0.445. The van der Waals surface area contributed by atoms with E-state index >= 15 is 0 Å². The molecule has 7 heteroatoms. The number of carbonyl (C=O) groups excluding carboxylic acids is 2. The lowest BCUT2D eigenvalue weighted by Crippen LogP contribution is -2.22. The minimum absolute atomic E-state index is 0.0267. The second-order valence-electron chi connectivity index (χ2n) is 6.91. The van der Waals surface area contributed by atoms with E-state index in [1.807, 2.05) is 25.1 Å². The van der Waals surface area contributed by atoms with Gasteiger partial charge >= 0.3 is 11.9 Å². The number of esters is 2. The van der Waals surface area contributed by atoms with Gasteiger partial charge in [0, 0.05) is 25.2 Å². The summed E-state index contributed by atoms with van der Waals surface area (Å²) in [5, 5.41) is 1.52. The zero-order valence-corrected chi connectivity index (χ0v) is 15.4. The Hall–Kier alpha value is -2.05. The van der Waals surface area contributed by atoms with Gasteiger partial charge in [0.05, 0.1) is 17.0 Å². The van der Waals surface area contributed by atoms with E-state index in [2.05, 4.69) is 0 Å². The average Bonchev–Trinajstić information content (AvgIpc) is 3.41. The predicted octanol–water partition coefficient (Wildman–Crippen LogP) is 3.92. The second-order valence-corrected chi connectivity index (χ2v) is 7.32. The van der Waals surface area contributed by atoms with Crippen LogP contribution in [-0.4, -0.2) is 24.3 Å². The van der Waals surface area contributed by atoms with Gasteiger partial charge in [-0.1, -0.05) is 11.6 Å². The van der Waals surface area contributed by atoms with Crippen LogP contribution in [0.3, 0.4) is 0 Å². The number of ether oxygens (including phenoxy) is 3. The van der Waals surface area contributed by atoms with Crippen LogP contribution in [0.2, 0.25) is 5.02 Å². The summed E-state index contributed by atoms with van der Waals surface area (Å²) in [6.07, 6.45) is -0.277. The Morgan fingerprint density at radius 3 is 2.77 bits per heavy atom. The van der Waals surface area contributed by atoms with Crippen molar-refractivity contribution in [1.82, 2.24) is 0 Å². The van der Waals surface area contributed by atoms with E-state index in [0.29, 0.717) is 11.4 Å². The normalized spacial score (nSPS) is 27.8. The SMILES string of the molecule is CC(=O)OC(C)OC(=O)C1CC1C1OC1c1cc(Cl)c2cc(C)oc2c1. The molecule has 1 aliphatic heterocycles. The highest BCUT2D eigenvalue weighted by molar-refractivity contribution is 6.35. The van der Waals surface area contributed by atoms with Gasteiger partial charge in [0.2, 0.25) is 6.29 Å². The molecule has 1 aliphatic carbocycles. The molecule has 2 aromatic rings. The standard InChI is InChI=1S/C19H19ClO6/c1-8-4-14-15(20)5-11(6-16(14)23-8)17-18(26-17)12-7-13(12)19(22)25-10(3)24-9(2)21/h4-6,10,12-13,17-18H,7H2,1-3H3. The number of hydrogen-bond donors (Lipinski definition) is 0. The van der Waals surface area contributed by atoms with Crippen LogP contribution in [0, 0.1) is 18.8 Å². The van der Waals surface area contributed by atoms with E-state index in [1.54, 1.807) is 0 Å². The Balaban J connectivity index is 1.38. The van der Waals surface area contributed by atoms with Gasteiger partial charge in [-0.05, 0) is 37.1 Å². The Morgan fingerprint density at radius 1 is 1.27 bits per heavy atom. The van der Waals surface area contributed by atoms with Gasteiger partial charge < -0.3 is 18.6 Å². The van der Waals surface area contributed by atoms with Crippen molar-refractivity contribution in [1.29, 1.82) is 0 Å². The predicted molar refractivity (Wildman–Crippen MR) is 92.5 cm³/mol. The van der Waals surface area contributed by atoms with Crippen molar-refractivity contribution in [3.63, 3.8) is 0 Å². The lowest BCUT2D eigenvalue weighted by Gasteiger charge is -2.12. The minimum atomic E-state index is -0.874. The largest absolute Gasteiger partial charge is 0.461 e. The molecule has 1 saturated carbocycles. The molecule has 0 radical (unpaired) electrons. The first-order valence-corrected chi connectivity index (χ1v) is 8.94. The van der Waals surface area contributed by atoms with Gasteiger partial charge in [-0.2, -0.15) is 0 Å². The number of aryl methyl sites for hydroxylation is 1. The zero-order valence-electron chi connectivity index (χ0n) is 14.7. The summed E-state index contributed by atoms with van der Waals surface area (Å²) in [4.78, 5) is 23.0. The van der Waals surface area contributed by atoms with Crippen molar-refractivity contribution < 1.29 is 28.2 Å². The minimum Gasteiger partial charge on any atom is -0.461 e. The molecule has 26 heavy (non-hydrogen) atoms. The Bertz CT molecular complexity index is 888. The molecule has 4 rings (SSSR count). The van der Waals surface area contributed by atoms with Crippen LogP contribution in [0.4, 0.5) is 0 Å². The number of rotatable bonds is 5. The number of hydrogen-bond acceptors (Lipinski definition) is 6. The molecule has 0 amide bonds. The van der Waals surface area contributed by atoms with Gasteiger partial charge in [-0.25, -0.2) is 0 Å². The molecule has 1 saturated heterocycles. The van der Waals surface area contributed by atoms with Crippen molar-refractivity contribution in [2.24, 2.45) is 11.8 Å². The highest BCUT2D eigenvalue weighted by Gasteiger charge is 2.59. The van der Waals surface area contributed by atoms with Crippen molar-refractivity contribution in [2.45, 2.75) is 45.7 Å². The van der Waals surface area contributed by atoms with Crippen molar-refractivity contribution in [3.8, 4) is 0 Å². The van der Waals surface area contributed by atoms with E-state index in [-0.39, 0.29) is 30.0 Å². The molecule has 1 aromatic heterocycles. The molecule has 1 aromatic carbocycles. The summed E-state index contributed by atoms with van der Waals surface area (Å²) in [6.45, 7) is 4.68. The van der Waals surface area contributed by atoms with Gasteiger partial charge in [0.1, 0.15) is 17.4 Å². The number of benzene rings is 1. The number of fused-ring (bicyclic) bond motifs is 1. The van der Waals surface area contributed by atoms with Gasteiger partial charge in [0.15, 0.2) is 0 Å². The van der Waals surface area contributed by atoms with E-state index in [4.69, 9.17) is 30.2 Å². The van der Waals surface area contributed by atoms with Crippen molar-refractivity contribution in [2.75, 3.05) is 0 Å².